The molecule has 0 spiro atoms. The van der Waals surface area contributed by atoms with Gasteiger partial charge in [0.2, 0.25) is 11.0 Å². The zero-order chi connectivity index (χ0) is 59.8. The van der Waals surface area contributed by atoms with Crippen LogP contribution in [0.2, 0.25) is 0 Å². The van der Waals surface area contributed by atoms with Crippen LogP contribution in [0, 0.1) is 28.7 Å². The van der Waals surface area contributed by atoms with E-state index >= 15 is 17.6 Å². The number of benzene rings is 6. The molecule has 438 valence electrons. The zero-order valence-electron chi connectivity index (χ0n) is 47.8. The van der Waals surface area contributed by atoms with Gasteiger partial charge in [0.25, 0.3) is 20.0 Å². The number of sulfonamides is 2. The number of alkyl carbamates (subject to hydrolysis) is 1. The van der Waals surface area contributed by atoms with E-state index in [-0.39, 0.29) is 42.3 Å². The molecule has 5 aromatic rings. The van der Waals surface area contributed by atoms with E-state index in [4.69, 9.17) is 13.9 Å². The number of hydrogen-bond acceptors (Lipinski definition) is 11. The molecule has 1 heterocycles. The van der Waals surface area contributed by atoms with Crippen molar-refractivity contribution in [2.45, 2.75) is 128 Å². The lowest BCUT2D eigenvalue weighted by Gasteiger charge is -2.28. The van der Waals surface area contributed by atoms with Crippen LogP contribution in [0.1, 0.15) is 123 Å². The van der Waals surface area contributed by atoms with Gasteiger partial charge in [-0.1, -0.05) is 128 Å². The SMILES string of the molecule is CCCc1cccc(C(C)C)c1[N+](CCC)=c1ccc2c(-c3ccccc3S(=O)(=O)NS(=O)(=O)c3c(F)c(F)c(SCOC(=O)NCCOC(=O)C(C)(C)CC)c(F)c3F)c3ccc(N(CCC)c4ccccc4C(C)C)cc3oc-2c1. The fourth-order valence-corrected chi connectivity index (χ4v) is 13.7. The third-order valence-corrected chi connectivity index (χ3v) is 18.6. The normalized spacial score (nSPS) is 12.6. The van der Waals surface area contributed by atoms with Crippen molar-refractivity contribution < 1.29 is 57.9 Å². The summed E-state index contributed by atoms with van der Waals surface area (Å²) < 4.78 is 141. The number of carbonyl (C=O) groups is 2. The monoisotopic (exact) mass is 1190 g/mol. The minimum absolute atomic E-state index is 0.0210. The molecule has 1 aliphatic carbocycles. The minimum atomic E-state index is -6.00. The molecule has 0 saturated carbocycles. The van der Waals surface area contributed by atoms with Gasteiger partial charge in [0.05, 0.1) is 27.8 Å². The van der Waals surface area contributed by atoms with Crippen LogP contribution in [0.5, 0.6) is 0 Å². The number of hydrogen-bond donors (Lipinski definition) is 2. The molecule has 0 fully saturated rings. The van der Waals surface area contributed by atoms with Crippen LogP contribution in [0.3, 0.4) is 0 Å². The van der Waals surface area contributed by atoms with Crippen molar-refractivity contribution in [3.8, 4) is 22.5 Å². The summed E-state index contributed by atoms with van der Waals surface area (Å²) in [5.41, 5.74) is 6.60. The molecule has 2 aliphatic rings. The molecule has 0 unspecified atom stereocenters. The summed E-state index contributed by atoms with van der Waals surface area (Å²) in [5, 5.41) is 3.47. The van der Waals surface area contributed by atoms with Crippen molar-refractivity contribution in [2.75, 3.05) is 37.1 Å². The number of nitrogens with zero attached hydrogens (tertiary/aromatic N) is 2. The second-order valence-corrected chi connectivity index (χ2v) is 25.6. The maximum Gasteiger partial charge on any atom is 0.408 e. The summed E-state index contributed by atoms with van der Waals surface area (Å²) in [6.07, 6.45) is 2.68. The second-order valence-electron chi connectivity index (χ2n) is 21.1. The van der Waals surface area contributed by atoms with Gasteiger partial charge in [-0.2, -0.15) is 4.58 Å². The maximum absolute atomic E-state index is 15.9. The molecule has 20 heteroatoms. The molecule has 0 bridgehead atoms. The van der Waals surface area contributed by atoms with Crippen LogP contribution in [-0.4, -0.2) is 61.1 Å². The van der Waals surface area contributed by atoms with Gasteiger partial charge in [-0.05, 0) is 80.8 Å². The Kier molecular flexibility index (Phi) is 20.4. The highest BCUT2D eigenvalue weighted by Gasteiger charge is 2.38. The molecule has 13 nitrogen and oxygen atoms in total. The molecule has 1 amide bonds. The molecule has 82 heavy (non-hydrogen) atoms. The van der Waals surface area contributed by atoms with E-state index in [1.807, 2.05) is 42.5 Å². The van der Waals surface area contributed by atoms with Crippen LogP contribution in [0.4, 0.5) is 39.4 Å². The lowest BCUT2D eigenvalue weighted by Crippen LogP contribution is -2.33. The van der Waals surface area contributed by atoms with Crippen molar-refractivity contribution in [3.05, 3.63) is 148 Å². The number of carbonyl (C=O) groups excluding carboxylic acids is 2. The standard InChI is InChI=1S/C62H70F4N4O9S3/c1-11-20-40-21-19-24-44(39(7)8)57(40)70(33-13-3)42-28-30-46-50(36-42)79-49-35-41(69(32-12-2)48-25-17-15-22-43(48)38(5)6)27-29-45(49)52(46)47-23-16-18-26-51(47)81(73,74)68-82(75,76)59-55(65)53(63)58(54(64)56(59)66)80-37-78-61(72)67-31-34-77-60(71)62(9,10)14-4/h15-19,21-30,35-36,38-39,68H,11-14,20,31-34,37H2,1-10H3/p+1. The van der Waals surface area contributed by atoms with E-state index in [1.54, 1.807) is 32.9 Å². The number of fused-ring (bicyclic) bond motifs is 2. The van der Waals surface area contributed by atoms with Crippen LogP contribution in [-0.2, 0) is 40.7 Å². The first-order chi connectivity index (χ1) is 38.9. The maximum atomic E-state index is 15.9. The predicted octanol–water partition coefficient (Wildman–Crippen LogP) is 14.4. The van der Waals surface area contributed by atoms with E-state index in [9.17, 15) is 26.4 Å². The number of amides is 1. The summed E-state index contributed by atoms with van der Waals surface area (Å²) in [6.45, 7) is 20.9. The Balaban J connectivity index is 1.33. The number of rotatable bonds is 24. The van der Waals surface area contributed by atoms with Gasteiger partial charge >= 0.3 is 12.1 Å². The fourth-order valence-electron chi connectivity index (χ4n) is 9.72. The number of nitrogens with one attached hydrogen (secondary N) is 2. The van der Waals surface area contributed by atoms with Gasteiger partial charge in [0.1, 0.15) is 30.4 Å². The first-order valence-corrected chi connectivity index (χ1v) is 31.4. The Morgan fingerprint density at radius 2 is 1.40 bits per heavy atom. The summed E-state index contributed by atoms with van der Waals surface area (Å²) in [6, 6.07) is 31.1. The highest BCUT2D eigenvalue weighted by Crippen LogP contribution is 2.45. The number of para-hydroxylation sites is 2. The number of aryl methyl sites for hydroxylation is 1. The Labute approximate surface area is 482 Å². The van der Waals surface area contributed by atoms with Crippen LogP contribution in [0.25, 0.3) is 33.4 Å². The third kappa shape index (κ3) is 13.5. The lowest BCUT2D eigenvalue weighted by molar-refractivity contribution is -0.153. The van der Waals surface area contributed by atoms with Crippen LogP contribution >= 0.6 is 11.8 Å². The van der Waals surface area contributed by atoms with Gasteiger partial charge in [-0.3, -0.25) is 4.79 Å². The summed E-state index contributed by atoms with van der Waals surface area (Å²) in [7, 11) is -11.4. The Morgan fingerprint density at radius 3 is 2.06 bits per heavy atom. The topological polar surface area (TPSA) is 164 Å². The van der Waals surface area contributed by atoms with Crippen molar-refractivity contribution in [2.24, 2.45) is 5.41 Å². The molecule has 2 N–H and O–H groups in total. The van der Waals surface area contributed by atoms with Crippen LogP contribution in [0.15, 0.2) is 122 Å². The third-order valence-electron chi connectivity index (χ3n) is 14.2. The van der Waals surface area contributed by atoms with Crippen molar-refractivity contribution >= 4 is 71.9 Å². The molecule has 0 radical (unpaired) electrons. The summed E-state index contributed by atoms with van der Waals surface area (Å²) in [4.78, 5) is 22.3. The molecule has 0 saturated heterocycles. The van der Waals surface area contributed by atoms with Gasteiger partial charge in [0, 0.05) is 69.7 Å². The summed E-state index contributed by atoms with van der Waals surface area (Å²) in [5.74, 6) is -9.97. The molecular formula is C62H71F4N4O9S3+. The molecule has 0 aromatic heterocycles. The van der Waals surface area contributed by atoms with Gasteiger partial charge in [-0.25, -0.2) is 39.2 Å². The molecule has 0 atom stereocenters. The van der Waals surface area contributed by atoms with E-state index < -0.39 is 81.4 Å². The number of halogens is 4. The zero-order valence-corrected chi connectivity index (χ0v) is 50.3. The highest BCUT2D eigenvalue weighted by atomic mass is 32.3. The van der Waals surface area contributed by atoms with E-state index in [1.165, 1.54) is 21.8 Å². The van der Waals surface area contributed by atoms with Crippen molar-refractivity contribution in [3.63, 3.8) is 0 Å². The largest absolute Gasteiger partial charge is 0.463 e. The van der Waals surface area contributed by atoms with E-state index in [0.29, 0.717) is 47.4 Å². The molecular weight excluding hydrogens is 1120 g/mol. The van der Waals surface area contributed by atoms with Gasteiger partial charge in [-0.15, -0.1) is 4.13 Å². The molecule has 7 rings (SSSR count). The first kappa shape index (κ1) is 62.9. The van der Waals surface area contributed by atoms with E-state index in [2.05, 4.69) is 93.6 Å². The molecule has 5 aromatic carbocycles. The minimum Gasteiger partial charge on any atom is -0.463 e. The fraction of sp³-hybridized carbons (Fsp3) is 0.371. The van der Waals surface area contributed by atoms with Crippen LogP contribution < -0.4 is 24.3 Å². The Morgan fingerprint density at radius 1 is 0.732 bits per heavy atom. The lowest BCUT2D eigenvalue weighted by atomic mass is 9.91. The van der Waals surface area contributed by atoms with Gasteiger partial charge in [0.15, 0.2) is 28.2 Å². The average molecular weight is 1190 g/mol. The number of anilines is 2. The Bertz CT molecular complexity index is 3740. The van der Waals surface area contributed by atoms with E-state index in [0.717, 1.165) is 65.3 Å². The predicted molar refractivity (Wildman–Crippen MR) is 315 cm³/mol. The number of ether oxygens (including phenoxy) is 2. The Hall–Kier alpha value is -6.74. The first-order valence-electron chi connectivity index (χ1n) is 27.5. The van der Waals surface area contributed by atoms with Gasteiger partial charge < -0.3 is 24.1 Å². The second kappa shape index (κ2) is 26.7. The molecule has 1 aliphatic heterocycles. The average Bonchev–Trinajstić information content (AvgIpc) is 3.45. The quantitative estimate of drug-likeness (QED) is 0.00865. The van der Waals surface area contributed by atoms with Crippen molar-refractivity contribution in [1.82, 2.24) is 14.0 Å². The highest BCUT2D eigenvalue weighted by molar-refractivity contribution is 8.04. The smallest absolute Gasteiger partial charge is 0.408 e. The number of thioether (sulfide) groups is 1. The number of esters is 1. The van der Waals surface area contributed by atoms with Crippen molar-refractivity contribution in [1.29, 1.82) is 0 Å². The summed E-state index contributed by atoms with van der Waals surface area (Å²) >= 11 is -0.0210.